The van der Waals surface area contributed by atoms with Gasteiger partial charge in [-0.3, -0.25) is 0 Å². The van der Waals surface area contributed by atoms with E-state index in [2.05, 4.69) is 11.8 Å². The summed E-state index contributed by atoms with van der Waals surface area (Å²) in [7, 11) is 0. The summed E-state index contributed by atoms with van der Waals surface area (Å²) < 4.78 is 0. The Kier molecular flexibility index (Phi) is 2.33. The molecule has 1 atom stereocenters. The Labute approximate surface area is 78.4 Å². The maximum Gasteiger partial charge on any atom is 0.117 e. The number of hydrogen-bond acceptors (Lipinski definition) is 1. The minimum atomic E-state index is -0.416. The average molecular weight is 172 g/mol. The van der Waals surface area contributed by atoms with Crippen molar-refractivity contribution in [3.05, 3.63) is 35.9 Å². The van der Waals surface area contributed by atoms with Gasteiger partial charge in [0.1, 0.15) is 6.10 Å². The van der Waals surface area contributed by atoms with Gasteiger partial charge >= 0.3 is 0 Å². The van der Waals surface area contributed by atoms with Crippen molar-refractivity contribution >= 4 is 0 Å². The summed E-state index contributed by atoms with van der Waals surface area (Å²) in [6.45, 7) is 0. The molecule has 0 bridgehead atoms. The van der Waals surface area contributed by atoms with Gasteiger partial charge in [-0.25, -0.2) is 0 Å². The lowest BCUT2D eigenvalue weighted by Gasteiger charge is -1.96. The van der Waals surface area contributed by atoms with E-state index in [1.54, 1.807) is 0 Å². The van der Waals surface area contributed by atoms with Crippen LogP contribution in [-0.4, -0.2) is 11.2 Å². The third-order valence-corrected chi connectivity index (χ3v) is 2.21. The van der Waals surface area contributed by atoms with E-state index in [0.717, 1.165) is 18.4 Å². The maximum absolute atomic E-state index is 9.48. The summed E-state index contributed by atoms with van der Waals surface area (Å²) in [5.41, 5.74) is 0.974. The van der Waals surface area contributed by atoms with Gasteiger partial charge < -0.3 is 5.11 Å². The fourth-order valence-electron chi connectivity index (χ4n) is 1.21. The van der Waals surface area contributed by atoms with Crippen LogP contribution in [0.25, 0.3) is 0 Å². The van der Waals surface area contributed by atoms with Gasteiger partial charge in [-0.05, 0) is 30.9 Å². The highest BCUT2D eigenvalue weighted by atomic mass is 16.3. The zero-order valence-electron chi connectivity index (χ0n) is 7.40. The van der Waals surface area contributed by atoms with Gasteiger partial charge in [-0.15, -0.1) is 0 Å². The number of hydrogen-bond donors (Lipinski definition) is 1. The molecule has 0 heterocycles. The Morgan fingerprint density at radius 2 is 1.92 bits per heavy atom. The molecule has 0 saturated heterocycles. The van der Waals surface area contributed by atoms with Gasteiger partial charge in [0.2, 0.25) is 0 Å². The van der Waals surface area contributed by atoms with E-state index in [1.807, 2.05) is 30.3 Å². The quantitative estimate of drug-likeness (QED) is 0.640. The molecular formula is C12H12O. The molecule has 1 aromatic carbocycles. The number of benzene rings is 1. The van der Waals surface area contributed by atoms with E-state index in [4.69, 9.17) is 0 Å². The fraction of sp³-hybridized carbons (Fsp3) is 0.333. The van der Waals surface area contributed by atoms with Crippen LogP contribution in [0.15, 0.2) is 30.3 Å². The smallest absolute Gasteiger partial charge is 0.117 e. The Morgan fingerprint density at radius 3 is 2.54 bits per heavy atom. The van der Waals surface area contributed by atoms with Gasteiger partial charge in [0.15, 0.2) is 0 Å². The molecular weight excluding hydrogens is 160 g/mol. The van der Waals surface area contributed by atoms with Crippen LogP contribution >= 0.6 is 0 Å². The zero-order valence-corrected chi connectivity index (χ0v) is 7.40. The van der Waals surface area contributed by atoms with E-state index < -0.39 is 6.10 Å². The molecule has 0 amide bonds. The molecule has 1 saturated carbocycles. The molecule has 1 aliphatic carbocycles. The summed E-state index contributed by atoms with van der Waals surface area (Å²) in [6, 6.07) is 9.77. The predicted molar refractivity (Wildman–Crippen MR) is 52.1 cm³/mol. The highest BCUT2D eigenvalue weighted by Crippen LogP contribution is 2.32. The third-order valence-electron chi connectivity index (χ3n) is 2.21. The summed E-state index contributed by atoms with van der Waals surface area (Å²) >= 11 is 0. The molecule has 1 fully saturated rings. The molecule has 0 aromatic heterocycles. The third kappa shape index (κ3) is 2.34. The van der Waals surface area contributed by atoms with Crippen molar-refractivity contribution < 1.29 is 5.11 Å². The van der Waals surface area contributed by atoms with Crippen LogP contribution in [0.5, 0.6) is 0 Å². The minimum Gasteiger partial charge on any atom is -0.380 e. The zero-order chi connectivity index (χ0) is 9.10. The van der Waals surface area contributed by atoms with E-state index in [1.165, 1.54) is 0 Å². The maximum atomic E-state index is 9.48. The summed E-state index contributed by atoms with van der Waals surface area (Å²) in [5.74, 6) is 6.27. The summed E-state index contributed by atoms with van der Waals surface area (Å²) in [4.78, 5) is 0. The van der Waals surface area contributed by atoms with Crippen LogP contribution in [0.2, 0.25) is 0 Å². The van der Waals surface area contributed by atoms with E-state index in [0.29, 0.717) is 5.92 Å². The lowest BCUT2D eigenvalue weighted by atomic mass is 10.2. The molecule has 13 heavy (non-hydrogen) atoms. The topological polar surface area (TPSA) is 20.2 Å². The highest BCUT2D eigenvalue weighted by Gasteiger charge is 2.28. The summed E-state index contributed by atoms with van der Waals surface area (Å²) in [6.07, 6.45) is 1.84. The van der Waals surface area contributed by atoms with E-state index in [-0.39, 0.29) is 0 Å². The highest BCUT2D eigenvalue weighted by molar-refractivity contribution is 5.34. The van der Waals surface area contributed by atoms with Crippen molar-refractivity contribution in [1.82, 2.24) is 0 Å². The molecule has 2 rings (SSSR count). The second-order valence-corrected chi connectivity index (χ2v) is 3.42. The van der Waals surface area contributed by atoms with Crippen molar-refractivity contribution in [2.45, 2.75) is 18.9 Å². The van der Waals surface area contributed by atoms with Crippen molar-refractivity contribution in [2.75, 3.05) is 0 Å². The normalized spacial score (nSPS) is 17.3. The van der Waals surface area contributed by atoms with Gasteiger partial charge in [0, 0.05) is 5.56 Å². The Morgan fingerprint density at radius 1 is 1.23 bits per heavy atom. The lowest BCUT2D eigenvalue weighted by Crippen LogP contribution is -2.04. The van der Waals surface area contributed by atoms with Crippen LogP contribution in [0, 0.1) is 17.8 Å². The first-order chi connectivity index (χ1) is 6.36. The van der Waals surface area contributed by atoms with Crippen LogP contribution < -0.4 is 0 Å². The standard InChI is InChI=1S/C12H12O/c13-12(11-7-8-11)9-6-10-4-2-1-3-5-10/h1-5,11-13H,7-8H2/t12-/m1/s1. The van der Waals surface area contributed by atoms with Crippen LogP contribution in [0.3, 0.4) is 0 Å². The second kappa shape index (κ2) is 3.64. The molecule has 66 valence electrons. The van der Waals surface area contributed by atoms with Gasteiger partial charge in [0.25, 0.3) is 0 Å². The average Bonchev–Trinajstić information content (AvgIpc) is 2.99. The minimum absolute atomic E-state index is 0.416. The molecule has 1 nitrogen and oxygen atoms in total. The monoisotopic (exact) mass is 172 g/mol. The molecule has 1 heteroatoms. The molecule has 1 aliphatic rings. The van der Waals surface area contributed by atoms with Crippen LogP contribution in [0.4, 0.5) is 0 Å². The second-order valence-electron chi connectivity index (χ2n) is 3.42. The number of aliphatic hydroxyl groups excluding tert-OH is 1. The first-order valence-corrected chi connectivity index (χ1v) is 4.61. The Balaban J connectivity index is 2.03. The molecule has 1 N–H and O–H groups in total. The molecule has 1 aromatic rings. The predicted octanol–water partition coefficient (Wildman–Crippen LogP) is 1.81. The van der Waals surface area contributed by atoms with Crippen molar-refractivity contribution in [3.63, 3.8) is 0 Å². The van der Waals surface area contributed by atoms with E-state index >= 15 is 0 Å². The Bertz CT molecular complexity index is 327. The first-order valence-electron chi connectivity index (χ1n) is 4.61. The van der Waals surface area contributed by atoms with Crippen LogP contribution in [-0.2, 0) is 0 Å². The molecule has 0 radical (unpaired) electrons. The van der Waals surface area contributed by atoms with Crippen LogP contribution in [0.1, 0.15) is 18.4 Å². The fourth-order valence-corrected chi connectivity index (χ4v) is 1.21. The van der Waals surface area contributed by atoms with Crippen molar-refractivity contribution in [1.29, 1.82) is 0 Å². The number of aliphatic hydroxyl groups is 1. The number of rotatable bonds is 1. The SMILES string of the molecule is O[C@H](C#Cc1ccccc1)C1CC1. The largest absolute Gasteiger partial charge is 0.380 e. The Hall–Kier alpha value is -1.26. The first kappa shape index (κ1) is 8.34. The summed E-state index contributed by atoms with van der Waals surface area (Å²) in [5, 5.41) is 9.48. The molecule has 0 unspecified atom stereocenters. The molecule has 0 aliphatic heterocycles. The van der Waals surface area contributed by atoms with Gasteiger partial charge in [0.05, 0.1) is 0 Å². The van der Waals surface area contributed by atoms with Gasteiger partial charge in [-0.1, -0.05) is 30.0 Å². The van der Waals surface area contributed by atoms with Crippen molar-refractivity contribution in [3.8, 4) is 11.8 Å². The van der Waals surface area contributed by atoms with E-state index in [9.17, 15) is 5.11 Å². The molecule has 0 spiro atoms. The lowest BCUT2D eigenvalue weighted by molar-refractivity contribution is 0.209. The van der Waals surface area contributed by atoms with Gasteiger partial charge in [-0.2, -0.15) is 0 Å². The van der Waals surface area contributed by atoms with Crippen molar-refractivity contribution in [2.24, 2.45) is 5.92 Å².